The van der Waals surface area contributed by atoms with Crippen molar-refractivity contribution < 1.29 is 4.74 Å². The van der Waals surface area contributed by atoms with Crippen molar-refractivity contribution in [3.8, 4) is 5.75 Å². The molecule has 0 spiro atoms. The smallest absolute Gasteiger partial charge is 0.138 e. The molecule has 1 N–H and O–H groups in total. The van der Waals surface area contributed by atoms with E-state index < -0.39 is 0 Å². The van der Waals surface area contributed by atoms with E-state index in [4.69, 9.17) is 16.3 Å². The lowest BCUT2D eigenvalue weighted by Crippen LogP contribution is -2.50. The maximum Gasteiger partial charge on any atom is 0.138 e. The third kappa shape index (κ3) is 2.75. The van der Waals surface area contributed by atoms with Gasteiger partial charge in [-0.2, -0.15) is 0 Å². The van der Waals surface area contributed by atoms with E-state index in [0.717, 1.165) is 30.3 Å². The molecule has 1 heterocycles. The van der Waals surface area contributed by atoms with Crippen LogP contribution in [0.1, 0.15) is 32.8 Å². The zero-order valence-electron chi connectivity index (χ0n) is 10.7. The summed E-state index contributed by atoms with van der Waals surface area (Å²) in [7, 11) is 0. The SMILES string of the molecule is CCC(C)(C)c1ccc(OC2CNC2)c(Cl)c1. The molecule has 0 bridgehead atoms. The molecule has 1 fully saturated rings. The maximum absolute atomic E-state index is 6.27. The fraction of sp³-hybridized carbons (Fsp3) is 0.571. The molecular formula is C14H20ClNO. The lowest BCUT2D eigenvalue weighted by atomic mass is 9.82. The van der Waals surface area contributed by atoms with Crippen LogP contribution in [0.3, 0.4) is 0 Å². The number of hydrogen-bond donors (Lipinski definition) is 1. The van der Waals surface area contributed by atoms with Crippen LogP contribution in [0.15, 0.2) is 18.2 Å². The average Bonchev–Trinajstić information content (AvgIpc) is 2.25. The summed E-state index contributed by atoms with van der Waals surface area (Å²) in [6, 6.07) is 6.15. The van der Waals surface area contributed by atoms with E-state index in [2.05, 4.69) is 32.2 Å². The molecule has 0 saturated carbocycles. The summed E-state index contributed by atoms with van der Waals surface area (Å²) in [6.45, 7) is 8.49. The fourth-order valence-electron chi connectivity index (χ4n) is 1.75. The quantitative estimate of drug-likeness (QED) is 0.888. The first kappa shape index (κ1) is 12.7. The monoisotopic (exact) mass is 253 g/mol. The van der Waals surface area contributed by atoms with Gasteiger partial charge in [0.25, 0.3) is 0 Å². The molecule has 17 heavy (non-hydrogen) atoms. The minimum absolute atomic E-state index is 0.167. The maximum atomic E-state index is 6.27. The molecule has 0 aromatic heterocycles. The van der Waals surface area contributed by atoms with E-state index in [-0.39, 0.29) is 11.5 Å². The normalized spacial score (nSPS) is 16.7. The molecule has 0 radical (unpaired) electrons. The van der Waals surface area contributed by atoms with Crippen molar-refractivity contribution in [1.82, 2.24) is 5.32 Å². The Morgan fingerprint density at radius 3 is 2.59 bits per heavy atom. The van der Waals surface area contributed by atoms with Crippen LogP contribution >= 0.6 is 11.6 Å². The summed E-state index contributed by atoms with van der Waals surface area (Å²) in [5, 5.41) is 3.90. The topological polar surface area (TPSA) is 21.3 Å². The Balaban J connectivity index is 2.16. The van der Waals surface area contributed by atoms with Gasteiger partial charge in [0, 0.05) is 13.1 Å². The summed E-state index contributed by atoms with van der Waals surface area (Å²) in [6.07, 6.45) is 1.37. The molecule has 0 unspecified atom stereocenters. The van der Waals surface area contributed by atoms with Crippen LogP contribution in [-0.4, -0.2) is 19.2 Å². The predicted molar refractivity (Wildman–Crippen MR) is 72.1 cm³/mol. The number of hydrogen-bond acceptors (Lipinski definition) is 2. The Morgan fingerprint density at radius 2 is 2.12 bits per heavy atom. The first-order valence-electron chi connectivity index (χ1n) is 6.20. The molecule has 2 nitrogen and oxygen atoms in total. The van der Waals surface area contributed by atoms with Gasteiger partial charge in [0.15, 0.2) is 0 Å². The molecule has 2 rings (SSSR count). The molecule has 0 amide bonds. The molecule has 1 aromatic carbocycles. The van der Waals surface area contributed by atoms with E-state index in [9.17, 15) is 0 Å². The van der Waals surface area contributed by atoms with Gasteiger partial charge in [0.1, 0.15) is 11.9 Å². The lowest BCUT2D eigenvalue weighted by Gasteiger charge is -2.29. The highest BCUT2D eigenvalue weighted by Gasteiger charge is 2.22. The first-order valence-corrected chi connectivity index (χ1v) is 6.58. The van der Waals surface area contributed by atoms with Gasteiger partial charge < -0.3 is 10.1 Å². The lowest BCUT2D eigenvalue weighted by molar-refractivity contribution is 0.142. The van der Waals surface area contributed by atoms with E-state index >= 15 is 0 Å². The van der Waals surface area contributed by atoms with Crippen molar-refractivity contribution in [3.63, 3.8) is 0 Å². The third-order valence-electron chi connectivity index (χ3n) is 3.63. The van der Waals surface area contributed by atoms with E-state index in [1.54, 1.807) is 0 Å². The highest BCUT2D eigenvalue weighted by molar-refractivity contribution is 6.32. The Bertz CT molecular complexity index is 399. The van der Waals surface area contributed by atoms with Crippen LogP contribution in [0, 0.1) is 0 Å². The minimum atomic E-state index is 0.167. The largest absolute Gasteiger partial charge is 0.486 e. The van der Waals surface area contributed by atoms with Crippen molar-refractivity contribution in [3.05, 3.63) is 28.8 Å². The zero-order chi connectivity index (χ0) is 12.5. The molecule has 0 aliphatic carbocycles. The summed E-state index contributed by atoms with van der Waals surface area (Å²) in [5.41, 5.74) is 1.43. The fourth-order valence-corrected chi connectivity index (χ4v) is 1.97. The van der Waals surface area contributed by atoms with Crippen molar-refractivity contribution in [2.45, 2.75) is 38.7 Å². The molecule has 1 aromatic rings. The average molecular weight is 254 g/mol. The van der Waals surface area contributed by atoms with Crippen LogP contribution in [0.25, 0.3) is 0 Å². The van der Waals surface area contributed by atoms with Gasteiger partial charge in [-0.05, 0) is 29.5 Å². The van der Waals surface area contributed by atoms with Gasteiger partial charge >= 0.3 is 0 Å². The second-order valence-electron chi connectivity index (χ2n) is 5.28. The molecule has 94 valence electrons. The van der Waals surface area contributed by atoms with E-state index in [1.165, 1.54) is 5.56 Å². The third-order valence-corrected chi connectivity index (χ3v) is 3.93. The molecule has 1 saturated heterocycles. The van der Waals surface area contributed by atoms with Gasteiger partial charge in [-0.3, -0.25) is 0 Å². The minimum Gasteiger partial charge on any atom is -0.486 e. The second-order valence-corrected chi connectivity index (χ2v) is 5.69. The van der Waals surface area contributed by atoms with Gasteiger partial charge in [-0.15, -0.1) is 0 Å². The highest BCUT2D eigenvalue weighted by Crippen LogP contribution is 2.33. The van der Waals surface area contributed by atoms with Crippen LogP contribution in [0.2, 0.25) is 5.02 Å². The number of nitrogens with one attached hydrogen (secondary N) is 1. The second kappa shape index (κ2) is 4.87. The van der Waals surface area contributed by atoms with Gasteiger partial charge in [0.05, 0.1) is 5.02 Å². The standard InChI is InChI=1S/C14H20ClNO/c1-4-14(2,3)10-5-6-13(12(15)7-10)17-11-8-16-9-11/h5-7,11,16H,4,8-9H2,1-3H3. The van der Waals surface area contributed by atoms with Crippen LogP contribution < -0.4 is 10.1 Å². The van der Waals surface area contributed by atoms with Crippen LogP contribution in [0.4, 0.5) is 0 Å². The summed E-state index contributed by atoms with van der Waals surface area (Å²) < 4.78 is 5.79. The Kier molecular flexibility index (Phi) is 3.64. The van der Waals surface area contributed by atoms with Crippen molar-refractivity contribution in [2.24, 2.45) is 0 Å². The molecule has 3 heteroatoms. The van der Waals surface area contributed by atoms with Crippen molar-refractivity contribution in [1.29, 1.82) is 0 Å². The number of benzene rings is 1. The molecule has 1 aliphatic heterocycles. The summed E-state index contributed by atoms with van der Waals surface area (Å²) in [4.78, 5) is 0. The van der Waals surface area contributed by atoms with Crippen molar-refractivity contribution in [2.75, 3.05) is 13.1 Å². The van der Waals surface area contributed by atoms with E-state index in [0.29, 0.717) is 0 Å². The Hall–Kier alpha value is -0.730. The van der Waals surface area contributed by atoms with Gasteiger partial charge in [-0.1, -0.05) is 38.4 Å². The van der Waals surface area contributed by atoms with Gasteiger partial charge in [-0.25, -0.2) is 0 Å². The number of halogens is 1. The van der Waals surface area contributed by atoms with Crippen molar-refractivity contribution >= 4 is 11.6 Å². The highest BCUT2D eigenvalue weighted by atomic mass is 35.5. The molecule has 1 aliphatic rings. The zero-order valence-corrected chi connectivity index (χ0v) is 11.5. The van der Waals surface area contributed by atoms with Crippen LogP contribution in [0.5, 0.6) is 5.75 Å². The number of ether oxygens (including phenoxy) is 1. The van der Waals surface area contributed by atoms with E-state index in [1.807, 2.05) is 12.1 Å². The summed E-state index contributed by atoms with van der Waals surface area (Å²) in [5.74, 6) is 0.800. The van der Waals surface area contributed by atoms with Crippen LogP contribution in [-0.2, 0) is 5.41 Å². The Morgan fingerprint density at radius 1 is 1.41 bits per heavy atom. The molecular weight excluding hydrogens is 234 g/mol. The van der Waals surface area contributed by atoms with Gasteiger partial charge in [0.2, 0.25) is 0 Å². The Labute approximate surface area is 108 Å². The molecule has 0 atom stereocenters. The number of rotatable bonds is 4. The summed E-state index contributed by atoms with van der Waals surface area (Å²) >= 11 is 6.27. The predicted octanol–water partition coefficient (Wildman–Crippen LogP) is 3.38. The first-order chi connectivity index (χ1) is 8.03.